The quantitative estimate of drug-likeness (QED) is 0.396. The second kappa shape index (κ2) is 9.87. The van der Waals surface area contributed by atoms with Crippen LogP contribution in [0.15, 0.2) is 42.6 Å². The third-order valence-electron chi connectivity index (χ3n) is 9.22. The first-order chi connectivity index (χ1) is 19.1. The Morgan fingerprint density at radius 3 is 2.64 bits per heavy atom. The van der Waals surface area contributed by atoms with E-state index in [0.717, 1.165) is 97.4 Å². The van der Waals surface area contributed by atoms with Crippen molar-refractivity contribution in [2.45, 2.75) is 63.8 Å². The van der Waals surface area contributed by atoms with Crippen LogP contribution in [0.5, 0.6) is 0 Å². The van der Waals surface area contributed by atoms with Gasteiger partial charge in [-0.05, 0) is 100 Å². The van der Waals surface area contributed by atoms with Gasteiger partial charge in [-0.15, -0.1) is 0 Å². The third-order valence-corrected chi connectivity index (χ3v) is 9.22. The molecule has 2 aliphatic heterocycles. The summed E-state index contributed by atoms with van der Waals surface area (Å²) in [5.74, 6) is 0.692. The van der Waals surface area contributed by atoms with E-state index < -0.39 is 0 Å². The number of nitrogens with one attached hydrogen (secondary N) is 1. The van der Waals surface area contributed by atoms with Gasteiger partial charge in [0.1, 0.15) is 11.2 Å². The molecule has 0 bridgehead atoms. The zero-order chi connectivity index (χ0) is 26.5. The van der Waals surface area contributed by atoms with Gasteiger partial charge in [0.15, 0.2) is 0 Å². The van der Waals surface area contributed by atoms with Crippen molar-refractivity contribution in [3.8, 4) is 22.5 Å². The predicted molar refractivity (Wildman–Crippen MR) is 154 cm³/mol. The van der Waals surface area contributed by atoms with Crippen molar-refractivity contribution in [1.29, 1.82) is 0 Å². The number of carbonyl (C=O) groups is 1. The lowest BCUT2D eigenvalue weighted by Crippen LogP contribution is -2.47. The number of carbonyl (C=O) groups excluding carboxylic acids is 1. The van der Waals surface area contributed by atoms with E-state index in [9.17, 15) is 4.79 Å². The number of pyridine rings is 2. The first kappa shape index (κ1) is 24.5. The molecule has 1 amide bonds. The zero-order valence-corrected chi connectivity index (χ0v) is 22.9. The highest BCUT2D eigenvalue weighted by Crippen LogP contribution is 2.36. The highest BCUT2D eigenvalue weighted by Gasteiger charge is 2.33. The number of benzene rings is 1. The van der Waals surface area contributed by atoms with Crippen LogP contribution < -0.4 is 0 Å². The van der Waals surface area contributed by atoms with Crippen LogP contribution in [0.3, 0.4) is 0 Å². The number of hydrogen-bond acceptors (Lipinski definition) is 5. The number of rotatable bonds is 4. The topological polar surface area (TPSA) is 78.0 Å². The van der Waals surface area contributed by atoms with Crippen molar-refractivity contribution in [1.82, 2.24) is 30.0 Å². The van der Waals surface area contributed by atoms with Gasteiger partial charge in [-0.25, -0.2) is 4.98 Å². The van der Waals surface area contributed by atoms with E-state index in [-0.39, 0.29) is 6.04 Å². The molecule has 7 nitrogen and oxygen atoms in total. The second-order valence-electron chi connectivity index (χ2n) is 11.6. The number of amides is 1. The lowest BCUT2D eigenvalue weighted by molar-refractivity contribution is -0.136. The summed E-state index contributed by atoms with van der Waals surface area (Å²) < 4.78 is 0. The van der Waals surface area contributed by atoms with Crippen LogP contribution in [-0.2, 0) is 17.6 Å². The van der Waals surface area contributed by atoms with Gasteiger partial charge in [-0.1, -0.05) is 18.2 Å². The lowest BCUT2D eigenvalue weighted by Gasteiger charge is -2.34. The Balaban J connectivity index is 1.11. The van der Waals surface area contributed by atoms with Gasteiger partial charge in [0.05, 0.1) is 17.3 Å². The van der Waals surface area contributed by atoms with Gasteiger partial charge in [0.25, 0.3) is 0 Å². The van der Waals surface area contributed by atoms with E-state index in [1.165, 1.54) is 23.1 Å². The van der Waals surface area contributed by atoms with Gasteiger partial charge in [0, 0.05) is 42.0 Å². The standard InChI is InChI=1S/C32H36N6O/c1-20-18-27-31(34-29(20)25-9-4-7-21-6-3-8-24(21)25)30(36-35-27)23-11-12-26(33-19-23)22-13-16-38(17-14-22)32(39)28-10-5-15-37(28)2/h4,7,9,11-12,18-19,22,28H,3,5-6,8,10,13-17H2,1-2H3,(H,35,36)/t28-/m0/s1. The molecule has 200 valence electrons. The van der Waals surface area contributed by atoms with Crippen LogP contribution in [0.4, 0.5) is 0 Å². The molecule has 7 rings (SSSR count). The number of likely N-dealkylation sites (tertiary alicyclic amines) is 2. The summed E-state index contributed by atoms with van der Waals surface area (Å²) in [7, 11) is 2.07. The van der Waals surface area contributed by atoms with Crippen molar-refractivity contribution in [2.24, 2.45) is 0 Å². The van der Waals surface area contributed by atoms with Crippen molar-refractivity contribution in [3.63, 3.8) is 0 Å². The van der Waals surface area contributed by atoms with Gasteiger partial charge in [0.2, 0.25) is 5.91 Å². The Labute approximate surface area is 229 Å². The zero-order valence-electron chi connectivity index (χ0n) is 22.9. The summed E-state index contributed by atoms with van der Waals surface area (Å²) in [6, 6.07) is 13.1. The second-order valence-corrected chi connectivity index (χ2v) is 11.6. The van der Waals surface area contributed by atoms with Crippen LogP contribution in [0.25, 0.3) is 33.5 Å². The number of piperidine rings is 1. The fourth-order valence-electron chi connectivity index (χ4n) is 6.98. The molecular formula is C32H36N6O. The number of aryl methyl sites for hydroxylation is 2. The lowest BCUT2D eigenvalue weighted by atomic mass is 9.92. The van der Waals surface area contributed by atoms with Crippen LogP contribution in [-0.4, -0.2) is 68.6 Å². The summed E-state index contributed by atoms with van der Waals surface area (Å²) in [5, 5.41) is 7.85. The maximum atomic E-state index is 13.0. The molecule has 0 saturated carbocycles. The van der Waals surface area contributed by atoms with Crippen molar-refractivity contribution in [2.75, 3.05) is 26.7 Å². The summed E-state index contributed by atoms with van der Waals surface area (Å²) in [5.41, 5.74) is 11.2. The van der Waals surface area contributed by atoms with Crippen LogP contribution in [0, 0.1) is 6.92 Å². The van der Waals surface area contributed by atoms with Crippen molar-refractivity contribution >= 4 is 16.9 Å². The van der Waals surface area contributed by atoms with Gasteiger partial charge >= 0.3 is 0 Å². The maximum Gasteiger partial charge on any atom is 0.239 e. The fraction of sp³-hybridized carbons (Fsp3) is 0.438. The predicted octanol–water partition coefficient (Wildman–Crippen LogP) is 5.28. The molecule has 0 spiro atoms. The van der Waals surface area contributed by atoms with Crippen LogP contribution in [0.1, 0.15) is 60.4 Å². The SMILES string of the molecule is Cc1cc2[nH]nc(-c3ccc(C4CCN(C(=O)[C@@H]5CCCN5C)CC4)nc3)c2nc1-c1cccc2c1CCC2. The smallest absolute Gasteiger partial charge is 0.239 e. The van der Waals surface area contributed by atoms with Gasteiger partial charge in [-0.2, -0.15) is 5.10 Å². The van der Waals surface area contributed by atoms with Crippen LogP contribution in [0.2, 0.25) is 0 Å². The number of aromatic nitrogens is 4. The highest BCUT2D eigenvalue weighted by atomic mass is 16.2. The number of hydrogen-bond donors (Lipinski definition) is 1. The van der Waals surface area contributed by atoms with Crippen molar-refractivity contribution < 1.29 is 4.79 Å². The minimum Gasteiger partial charge on any atom is -0.341 e. The molecular weight excluding hydrogens is 484 g/mol. The normalized spacial score (nSPS) is 20.2. The Bertz CT molecular complexity index is 1530. The molecule has 7 heteroatoms. The minimum atomic E-state index is 0.0725. The summed E-state index contributed by atoms with van der Waals surface area (Å²) in [6.45, 7) is 4.80. The average Bonchev–Trinajstić information content (AvgIpc) is 3.72. The van der Waals surface area contributed by atoms with E-state index in [1.807, 2.05) is 6.20 Å². The molecule has 3 aliphatic rings. The van der Waals surface area contributed by atoms with E-state index in [2.05, 4.69) is 70.4 Å². The molecule has 0 radical (unpaired) electrons. The third kappa shape index (κ3) is 4.33. The first-order valence-corrected chi connectivity index (χ1v) is 14.5. The van der Waals surface area contributed by atoms with E-state index in [1.54, 1.807) is 0 Å². The molecule has 2 saturated heterocycles. The summed E-state index contributed by atoms with van der Waals surface area (Å²) in [4.78, 5) is 27.3. The minimum absolute atomic E-state index is 0.0725. The van der Waals surface area contributed by atoms with Crippen molar-refractivity contribution in [3.05, 3.63) is 65.0 Å². The number of likely N-dealkylation sites (N-methyl/N-ethyl adjacent to an activating group) is 1. The van der Waals surface area contributed by atoms with E-state index in [4.69, 9.17) is 9.97 Å². The monoisotopic (exact) mass is 520 g/mol. The number of aromatic amines is 1. The van der Waals surface area contributed by atoms with E-state index >= 15 is 0 Å². The molecule has 39 heavy (non-hydrogen) atoms. The number of H-pyrrole nitrogens is 1. The molecule has 0 unspecified atom stereocenters. The number of fused-ring (bicyclic) bond motifs is 2. The Kier molecular flexibility index (Phi) is 6.19. The number of nitrogens with zero attached hydrogens (tertiary/aromatic N) is 5. The maximum absolute atomic E-state index is 13.0. The molecule has 1 N–H and O–H groups in total. The molecule has 3 aromatic heterocycles. The molecule has 4 aromatic rings. The van der Waals surface area contributed by atoms with E-state index in [0.29, 0.717) is 11.8 Å². The molecule has 2 fully saturated rings. The molecule has 1 atom stereocenters. The molecule has 1 aromatic carbocycles. The Morgan fingerprint density at radius 1 is 1.00 bits per heavy atom. The van der Waals surface area contributed by atoms with Gasteiger partial charge < -0.3 is 4.90 Å². The Morgan fingerprint density at radius 2 is 1.87 bits per heavy atom. The first-order valence-electron chi connectivity index (χ1n) is 14.5. The van der Waals surface area contributed by atoms with Gasteiger partial charge in [-0.3, -0.25) is 19.8 Å². The molecule has 5 heterocycles. The molecule has 1 aliphatic carbocycles. The average molecular weight is 521 g/mol. The highest BCUT2D eigenvalue weighted by molar-refractivity contribution is 5.92. The summed E-state index contributed by atoms with van der Waals surface area (Å²) >= 11 is 0. The largest absolute Gasteiger partial charge is 0.341 e. The van der Waals surface area contributed by atoms with Crippen LogP contribution >= 0.6 is 0 Å². The fourth-order valence-corrected chi connectivity index (χ4v) is 6.98. The summed E-state index contributed by atoms with van der Waals surface area (Å²) in [6.07, 6.45) is 9.48. The Hall–Kier alpha value is -3.58.